The van der Waals surface area contributed by atoms with E-state index < -0.39 is 0 Å². The smallest absolute Gasteiger partial charge is 0.0622 e. The van der Waals surface area contributed by atoms with Crippen LogP contribution in [-0.2, 0) is 5.41 Å². The lowest BCUT2D eigenvalue weighted by atomic mass is 9.67. The van der Waals surface area contributed by atoms with E-state index in [4.69, 9.17) is 0 Å². The molecule has 5 rings (SSSR count). The lowest BCUT2D eigenvalue weighted by Crippen LogP contribution is -2.28. The summed E-state index contributed by atoms with van der Waals surface area (Å²) in [6.07, 6.45) is 0. The Kier molecular flexibility index (Phi) is 3.99. The van der Waals surface area contributed by atoms with E-state index in [1.165, 1.54) is 55.6 Å². The van der Waals surface area contributed by atoms with Crippen molar-refractivity contribution in [2.45, 2.75) is 33.1 Å². The summed E-state index contributed by atoms with van der Waals surface area (Å²) in [7, 11) is 0. The molecule has 0 N–H and O–H groups in total. The minimum Gasteiger partial charge on any atom is -0.0622 e. The van der Waals surface area contributed by atoms with Crippen LogP contribution in [0.1, 0.15) is 44.5 Å². The van der Waals surface area contributed by atoms with Gasteiger partial charge in [0.15, 0.2) is 0 Å². The number of benzene rings is 4. The number of fused-ring (bicyclic) bond motifs is 3. The highest BCUT2D eigenvalue weighted by Crippen LogP contribution is 2.57. The molecule has 0 atom stereocenters. The molecule has 0 heteroatoms. The second-order valence-corrected chi connectivity index (χ2v) is 8.39. The average molecular weight is 375 g/mol. The van der Waals surface area contributed by atoms with Crippen LogP contribution in [0, 0.1) is 27.7 Å². The first-order valence-corrected chi connectivity index (χ1v) is 10.4. The number of hydrogen-bond donors (Lipinski definition) is 0. The molecule has 0 nitrogen and oxygen atoms in total. The zero-order valence-electron chi connectivity index (χ0n) is 17.6. The summed E-state index contributed by atoms with van der Waals surface area (Å²) in [6.45, 7) is 8.96. The lowest BCUT2D eigenvalue weighted by molar-refractivity contribution is 0.766. The molecule has 0 amide bonds. The molecule has 0 radical (unpaired) electrons. The van der Waals surface area contributed by atoms with Crippen molar-refractivity contribution in [3.63, 3.8) is 0 Å². The first-order valence-electron chi connectivity index (χ1n) is 10.4. The Morgan fingerprint density at radius 3 is 1.66 bits per heavy atom. The third-order valence-electron chi connectivity index (χ3n) is 6.86. The third kappa shape index (κ3) is 2.39. The van der Waals surface area contributed by atoms with Crippen molar-refractivity contribution in [1.82, 2.24) is 0 Å². The molecule has 0 bridgehead atoms. The van der Waals surface area contributed by atoms with Crippen LogP contribution in [0.4, 0.5) is 0 Å². The van der Waals surface area contributed by atoms with Gasteiger partial charge >= 0.3 is 0 Å². The van der Waals surface area contributed by atoms with Gasteiger partial charge in [-0.2, -0.15) is 0 Å². The van der Waals surface area contributed by atoms with Crippen molar-refractivity contribution >= 4 is 0 Å². The summed E-state index contributed by atoms with van der Waals surface area (Å²) < 4.78 is 0. The highest BCUT2D eigenvalue weighted by atomic mass is 14.5. The fourth-order valence-corrected chi connectivity index (χ4v) is 5.12. The van der Waals surface area contributed by atoms with Gasteiger partial charge < -0.3 is 0 Å². The molecule has 29 heavy (non-hydrogen) atoms. The van der Waals surface area contributed by atoms with Gasteiger partial charge in [0.1, 0.15) is 0 Å². The predicted octanol–water partition coefficient (Wildman–Crippen LogP) is 7.28. The van der Waals surface area contributed by atoms with E-state index in [0.717, 1.165) is 0 Å². The van der Waals surface area contributed by atoms with E-state index in [9.17, 15) is 0 Å². The van der Waals surface area contributed by atoms with Crippen molar-refractivity contribution in [1.29, 1.82) is 0 Å². The first kappa shape index (κ1) is 17.9. The molecule has 1 aliphatic carbocycles. The summed E-state index contributed by atoms with van der Waals surface area (Å²) >= 11 is 0. The molecule has 0 heterocycles. The van der Waals surface area contributed by atoms with Gasteiger partial charge in [0.25, 0.3) is 0 Å². The second kappa shape index (κ2) is 6.46. The maximum atomic E-state index is 2.43. The van der Waals surface area contributed by atoms with Crippen molar-refractivity contribution in [3.05, 3.63) is 129 Å². The van der Waals surface area contributed by atoms with Gasteiger partial charge in [0, 0.05) is 0 Å². The predicted molar refractivity (Wildman–Crippen MR) is 123 cm³/mol. The van der Waals surface area contributed by atoms with Crippen LogP contribution in [0.15, 0.2) is 84.9 Å². The summed E-state index contributed by atoms with van der Waals surface area (Å²) in [4.78, 5) is 0. The van der Waals surface area contributed by atoms with Crippen molar-refractivity contribution in [2.75, 3.05) is 0 Å². The molecule has 0 fully saturated rings. The fourth-order valence-electron chi connectivity index (χ4n) is 5.12. The van der Waals surface area contributed by atoms with Gasteiger partial charge in [0.05, 0.1) is 5.41 Å². The Labute approximate surface area is 173 Å². The molecule has 0 saturated carbocycles. The molecule has 0 unspecified atom stereocenters. The summed E-state index contributed by atoms with van der Waals surface area (Å²) in [5.41, 5.74) is 13.4. The minimum absolute atomic E-state index is 0.288. The van der Waals surface area contributed by atoms with Crippen LogP contribution in [-0.4, -0.2) is 0 Å². The SMILES string of the molecule is Cc1cc2c(cc1C)C(c1ccccc1)(c1ccccc1)c1ccc(C)c(C)c1-2. The number of hydrogen-bond acceptors (Lipinski definition) is 0. The van der Waals surface area contributed by atoms with Crippen LogP contribution in [0.2, 0.25) is 0 Å². The summed E-state index contributed by atoms with van der Waals surface area (Å²) in [6, 6.07) is 31.5. The summed E-state index contributed by atoms with van der Waals surface area (Å²) in [5.74, 6) is 0. The van der Waals surface area contributed by atoms with E-state index in [1.807, 2.05) is 0 Å². The molecule has 4 aromatic carbocycles. The molecule has 0 saturated heterocycles. The van der Waals surface area contributed by atoms with E-state index in [1.54, 1.807) is 0 Å². The molecule has 142 valence electrons. The van der Waals surface area contributed by atoms with Gasteiger partial charge in [-0.15, -0.1) is 0 Å². The van der Waals surface area contributed by atoms with E-state index in [-0.39, 0.29) is 5.41 Å². The minimum atomic E-state index is -0.288. The van der Waals surface area contributed by atoms with Gasteiger partial charge in [-0.3, -0.25) is 0 Å². The van der Waals surface area contributed by atoms with E-state index >= 15 is 0 Å². The molecule has 0 spiro atoms. The van der Waals surface area contributed by atoms with Gasteiger partial charge in [-0.05, 0) is 83.3 Å². The molecular weight excluding hydrogens is 348 g/mol. The Balaban J connectivity index is 2.03. The Morgan fingerprint density at radius 2 is 1.07 bits per heavy atom. The van der Waals surface area contributed by atoms with E-state index in [2.05, 4.69) is 113 Å². The van der Waals surface area contributed by atoms with Gasteiger partial charge in [0.2, 0.25) is 0 Å². The Hall–Kier alpha value is -3.12. The van der Waals surface area contributed by atoms with Crippen molar-refractivity contribution in [2.24, 2.45) is 0 Å². The lowest BCUT2D eigenvalue weighted by Gasteiger charge is -2.34. The molecule has 0 aromatic heterocycles. The zero-order valence-corrected chi connectivity index (χ0v) is 17.6. The van der Waals surface area contributed by atoms with E-state index in [0.29, 0.717) is 0 Å². The molecular formula is C29H26. The average Bonchev–Trinajstić information content (AvgIpc) is 3.03. The zero-order chi connectivity index (χ0) is 20.2. The van der Waals surface area contributed by atoms with Crippen LogP contribution in [0.3, 0.4) is 0 Å². The number of rotatable bonds is 2. The molecule has 0 aliphatic heterocycles. The topological polar surface area (TPSA) is 0 Å². The highest BCUT2D eigenvalue weighted by Gasteiger charge is 2.46. The third-order valence-corrected chi connectivity index (χ3v) is 6.86. The largest absolute Gasteiger partial charge is 0.0713 e. The van der Waals surface area contributed by atoms with Crippen LogP contribution in [0.5, 0.6) is 0 Å². The van der Waals surface area contributed by atoms with Crippen LogP contribution < -0.4 is 0 Å². The highest BCUT2D eigenvalue weighted by molar-refractivity contribution is 5.89. The van der Waals surface area contributed by atoms with Gasteiger partial charge in [-0.1, -0.05) is 84.9 Å². The molecule has 4 aromatic rings. The second-order valence-electron chi connectivity index (χ2n) is 8.39. The van der Waals surface area contributed by atoms with Crippen molar-refractivity contribution in [3.8, 4) is 11.1 Å². The normalized spacial score (nSPS) is 13.8. The van der Waals surface area contributed by atoms with Crippen LogP contribution in [0.25, 0.3) is 11.1 Å². The standard InChI is InChI=1S/C29H26/c1-19-15-16-26-28(22(19)4)25-17-20(2)21(3)18-27(25)29(26,23-11-7-5-8-12-23)24-13-9-6-10-14-24/h5-18H,1-4H3. The van der Waals surface area contributed by atoms with Crippen LogP contribution >= 0.6 is 0 Å². The Bertz CT molecular complexity index is 1170. The maximum Gasteiger partial charge on any atom is 0.0713 e. The van der Waals surface area contributed by atoms with Gasteiger partial charge in [-0.25, -0.2) is 0 Å². The first-order chi connectivity index (χ1) is 14.0. The van der Waals surface area contributed by atoms with Crippen molar-refractivity contribution < 1.29 is 0 Å². The number of aryl methyl sites for hydroxylation is 3. The monoisotopic (exact) mass is 374 g/mol. The Morgan fingerprint density at radius 1 is 0.517 bits per heavy atom. The molecule has 1 aliphatic rings. The fraction of sp³-hybridized carbons (Fsp3) is 0.172. The maximum absolute atomic E-state index is 2.43. The summed E-state index contributed by atoms with van der Waals surface area (Å²) in [5, 5.41) is 0. The quantitative estimate of drug-likeness (QED) is 0.304.